The number of carbonyl (C=O) groups excluding carboxylic acids is 1. The lowest BCUT2D eigenvalue weighted by molar-refractivity contribution is -0.113. The molecule has 0 bridgehead atoms. The number of ether oxygens (including phenoxy) is 1. The third-order valence-electron chi connectivity index (χ3n) is 6.21. The van der Waals surface area contributed by atoms with Crippen molar-refractivity contribution in [3.63, 3.8) is 0 Å². The van der Waals surface area contributed by atoms with Crippen molar-refractivity contribution >= 4 is 14.4 Å². The molecule has 2 atom stereocenters. The Morgan fingerprint density at radius 1 is 1.13 bits per heavy atom. The maximum absolute atomic E-state index is 12.3. The van der Waals surface area contributed by atoms with E-state index in [1.54, 1.807) is 14.0 Å². The second-order valence-corrected chi connectivity index (χ2v) is 10.2. The molecule has 0 amide bonds. The molecule has 0 saturated heterocycles. The van der Waals surface area contributed by atoms with E-state index in [-0.39, 0.29) is 10.9 Å². The van der Waals surface area contributed by atoms with Gasteiger partial charge < -0.3 is 4.74 Å². The molecule has 0 aliphatic heterocycles. The fourth-order valence-corrected chi connectivity index (χ4v) is 6.07. The lowest BCUT2D eigenvalue weighted by atomic mass is 9.92. The predicted octanol–water partition coefficient (Wildman–Crippen LogP) is 7.17. The van der Waals surface area contributed by atoms with Crippen LogP contribution in [0.3, 0.4) is 0 Å². The van der Waals surface area contributed by atoms with E-state index in [0.717, 1.165) is 37.0 Å². The molecule has 0 radical (unpaired) electrons. The summed E-state index contributed by atoms with van der Waals surface area (Å²) in [7, 11) is 2.31. The summed E-state index contributed by atoms with van der Waals surface area (Å²) in [4.78, 5) is 12.3. The minimum absolute atomic E-state index is 0.0828. The van der Waals surface area contributed by atoms with Gasteiger partial charge in [0.05, 0.1) is 7.11 Å². The molecule has 0 saturated carbocycles. The van der Waals surface area contributed by atoms with E-state index in [9.17, 15) is 4.79 Å². The van der Waals surface area contributed by atoms with E-state index < -0.39 is 0 Å². The summed E-state index contributed by atoms with van der Waals surface area (Å²) in [5, 5.41) is 1.18. The molecule has 0 fully saturated rings. The highest BCUT2D eigenvalue weighted by atomic mass is 31.1. The summed E-state index contributed by atoms with van der Waals surface area (Å²) in [5.74, 6) is 1.20. The summed E-state index contributed by atoms with van der Waals surface area (Å²) in [6.45, 7) is 8.43. The number of para-hydroxylation sites is 1. The zero-order valence-electron chi connectivity index (χ0n) is 18.8. The van der Waals surface area contributed by atoms with Crippen LogP contribution in [0.5, 0.6) is 5.75 Å². The van der Waals surface area contributed by atoms with Gasteiger partial charge in [-0.3, -0.25) is 4.79 Å². The van der Waals surface area contributed by atoms with Crippen LogP contribution in [0.4, 0.5) is 0 Å². The van der Waals surface area contributed by atoms with Gasteiger partial charge in [-0.2, -0.15) is 0 Å². The Hall–Kier alpha value is -2.18. The molecular formula is C27H33O2P. The van der Waals surface area contributed by atoms with Crippen molar-refractivity contribution < 1.29 is 9.53 Å². The van der Waals surface area contributed by atoms with Crippen LogP contribution in [0.1, 0.15) is 63.6 Å². The Labute approximate surface area is 183 Å². The first kappa shape index (κ1) is 22.5. The summed E-state index contributed by atoms with van der Waals surface area (Å²) in [5.41, 5.74) is 6.02. The van der Waals surface area contributed by atoms with E-state index in [1.807, 2.05) is 6.07 Å². The highest BCUT2D eigenvalue weighted by Gasteiger charge is 2.32. The van der Waals surface area contributed by atoms with E-state index in [1.165, 1.54) is 27.6 Å². The predicted molar refractivity (Wildman–Crippen MR) is 129 cm³/mol. The normalized spacial score (nSPS) is 16.5. The third kappa shape index (κ3) is 4.76. The van der Waals surface area contributed by atoms with E-state index in [2.05, 4.69) is 69.3 Å². The molecule has 1 aliphatic rings. The first-order valence-corrected chi connectivity index (χ1v) is 11.8. The quantitative estimate of drug-likeness (QED) is 0.423. The maximum atomic E-state index is 12.3. The van der Waals surface area contributed by atoms with Gasteiger partial charge in [-0.05, 0) is 55.1 Å². The molecule has 0 aromatic heterocycles. The molecule has 0 N–H and O–H groups in total. The largest absolute Gasteiger partial charge is 0.496 e. The number of ketones is 1. The number of hydrogen-bond donors (Lipinski definition) is 0. The number of Topliss-reactive ketones (excluding diaryl/α,β-unsaturated/α-hetero) is 1. The van der Waals surface area contributed by atoms with Crippen LogP contribution in [0.15, 0.2) is 71.1 Å². The molecule has 158 valence electrons. The Bertz CT molecular complexity index is 972. The van der Waals surface area contributed by atoms with Gasteiger partial charge in [-0.25, -0.2) is 0 Å². The lowest BCUT2D eigenvalue weighted by Gasteiger charge is -2.34. The van der Waals surface area contributed by atoms with Gasteiger partial charge >= 0.3 is 0 Å². The molecule has 2 aromatic carbocycles. The second-order valence-electron chi connectivity index (χ2n) is 8.31. The molecule has 2 nitrogen and oxygen atoms in total. The summed E-state index contributed by atoms with van der Waals surface area (Å²) < 4.78 is 5.99. The van der Waals surface area contributed by atoms with Gasteiger partial charge in [0.15, 0.2) is 5.78 Å². The zero-order chi connectivity index (χ0) is 21.7. The number of carbonyl (C=O) groups is 1. The Morgan fingerprint density at radius 3 is 2.50 bits per heavy atom. The maximum Gasteiger partial charge on any atom is 0.156 e. The average molecular weight is 421 g/mol. The molecule has 3 rings (SSSR count). The first-order chi connectivity index (χ1) is 14.4. The van der Waals surface area contributed by atoms with Crippen molar-refractivity contribution in [1.82, 2.24) is 0 Å². The number of rotatable bonds is 8. The van der Waals surface area contributed by atoms with Crippen molar-refractivity contribution in [2.45, 2.75) is 58.5 Å². The molecule has 1 aliphatic carbocycles. The number of methoxy groups -OCH3 is 1. The SMILES string of the molecule is CCC(C)(PC1=C(C(C)=O)CCC=C1C)c1cccc(Cc2ccccc2)c1OC. The topological polar surface area (TPSA) is 26.3 Å². The molecule has 0 heterocycles. The number of allylic oxidation sites excluding steroid dienone is 4. The standard InChI is InChI=1S/C27H33O2P/c1-6-27(4,30-26-19(2)12-10-16-23(26)20(3)28)24-17-11-15-22(25(24)29-5)18-21-13-8-7-9-14-21/h7-9,11-15,17,30H,6,10,16,18H2,1-5H3. The van der Waals surface area contributed by atoms with Crippen LogP contribution < -0.4 is 4.74 Å². The Kier molecular flexibility index (Phi) is 7.32. The Morgan fingerprint density at radius 2 is 1.87 bits per heavy atom. The lowest BCUT2D eigenvalue weighted by Crippen LogP contribution is -2.18. The highest BCUT2D eigenvalue weighted by molar-refractivity contribution is 7.45. The third-order valence-corrected chi connectivity index (χ3v) is 8.33. The summed E-state index contributed by atoms with van der Waals surface area (Å²) in [6, 6.07) is 17.1. The van der Waals surface area contributed by atoms with Gasteiger partial charge in [0.2, 0.25) is 0 Å². The van der Waals surface area contributed by atoms with Crippen LogP contribution >= 0.6 is 8.58 Å². The minimum atomic E-state index is -0.0828. The van der Waals surface area contributed by atoms with Gasteiger partial charge in [-0.15, -0.1) is 0 Å². The second kappa shape index (κ2) is 9.75. The smallest absolute Gasteiger partial charge is 0.156 e. The van der Waals surface area contributed by atoms with Gasteiger partial charge in [0, 0.05) is 22.7 Å². The molecule has 3 heteroatoms. The first-order valence-electron chi connectivity index (χ1n) is 10.8. The Balaban J connectivity index is 2.04. The zero-order valence-corrected chi connectivity index (χ0v) is 19.8. The van der Waals surface area contributed by atoms with Crippen molar-refractivity contribution in [2.24, 2.45) is 0 Å². The highest BCUT2D eigenvalue weighted by Crippen LogP contribution is 2.55. The summed E-state index contributed by atoms with van der Waals surface area (Å²) >= 11 is 0. The molecule has 2 unspecified atom stereocenters. The fourth-order valence-electron chi connectivity index (χ4n) is 4.26. The number of benzene rings is 2. The number of hydrogen-bond acceptors (Lipinski definition) is 2. The van der Waals surface area contributed by atoms with Crippen LogP contribution in [-0.2, 0) is 16.4 Å². The van der Waals surface area contributed by atoms with Crippen molar-refractivity contribution in [3.8, 4) is 5.75 Å². The fraction of sp³-hybridized carbons (Fsp3) is 0.370. The van der Waals surface area contributed by atoms with Crippen LogP contribution in [0.2, 0.25) is 0 Å². The van der Waals surface area contributed by atoms with Gasteiger partial charge in [0.25, 0.3) is 0 Å². The van der Waals surface area contributed by atoms with Crippen LogP contribution in [0.25, 0.3) is 0 Å². The van der Waals surface area contributed by atoms with Gasteiger partial charge in [0.1, 0.15) is 5.75 Å². The van der Waals surface area contributed by atoms with Gasteiger partial charge in [-0.1, -0.05) is 77.0 Å². The van der Waals surface area contributed by atoms with Crippen molar-refractivity contribution in [3.05, 3.63) is 87.8 Å². The van der Waals surface area contributed by atoms with E-state index >= 15 is 0 Å². The van der Waals surface area contributed by atoms with Crippen LogP contribution in [0, 0.1) is 0 Å². The minimum Gasteiger partial charge on any atom is -0.496 e. The monoisotopic (exact) mass is 420 g/mol. The van der Waals surface area contributed by atoms with Crippen molar-refractivity contribution in [2.75, 3.05) is 7.11 Å². The average Bonchev–Trinajstić information content (AvgIpc) is 2.75. The molecule has 0 spiro atoms. The van der Waals surface area contributed by atoms with Crippen LogP contribution in [-0.4, -0.2) is 12.9 Å². The molecule has 30 heavy (non-hydrogen) atoms. The van der Waals surface area contributed by atoms with E-state index in [4.69, 9.17) is 4.74 Å². The molecular weight excluding hydrogens is 387 g/mol. The van der Waals surface area contributed by atoms with Crippen molar-refractivity contribution in [1.29, 1.82) is 0 Å². The molecule has 2 aromatic rings. The van der Waals surface area contributed by atoms with E-state index in [0.29, 0.717) is 8.58 Å². The summed E-state index contributed by atoms with van der Waals surface area (Å²) in [6.07, 6.45) is 5.95.